The monoisotopic (exact) mass is 348 g/mol. The van der Waals surface area contributed by atoms with Gasteiger partial charge in [-0.25, -0.2) is 0 Å². The highest BCUT2D eigenvalue weighted by Gasteiger charge is 2.33. The lowest BCUT2D eigenvalue weighted by Crippen LogP contribution is -2.44. The number of likely N-dealkylation sites (tertiary alicyclic amines) is 1. The van der Waals surface area contributed by atoms with Crippen LogP contribution in [0.2, 0.25) is 10.0 Å². The lowest BCUT2D eigenvalue weighted by molar-refractivity contribution is 0.285. The van der Waals surface area contributed by atoms with Crippen molar-refractivity contribution in [2.75, 3.05) is 13.1 Å². The Kier molecular flexibility index (Phi) is 5.27. The molecule has 23 heavy (non-hydrogen) atoms. The molecular formula is C19H22Cl2N2. The highest BCUT2D eigenvalue weighted by Crippen LogP contribution is 2.25. The van der Waals surface area contributed by atoms with Crippen LogP contribution >= 0.6 is 23.2 Å². The highest BCUT2D eigenvalue weighted by atomic mass is 35.5. The largest absolute Gasteiger partial charge is 0.306 e. The Labute approximate surface area is 148 Å². The SMILES string of the molecule is CC1(NCc2ccc(Cl)cc2Cl)CCN(Cc2ccccc2)C1. The molecule has 1 atom stereocenters. The molecule has 2 aromatic carbocycles. The van der Waals surface area contributed by atoms with Crippen LogP contribution in [0.3, 0.4) is 0 Å². The second-order valence-corrected chi connectivity index (χ2v) is 7.44. The molecule has 0 radical (unpaired) electrons. The van der Waals surface area contributed by atoms with E-state index in [0.717, 1.165) is 43.2 Å². The molecule has 1 heterocycles. The number of rotatable bonds is 5. The van der Waals surface area contributed by atoms with Crippen molar-refractivity contribution in [3.05, 3.63) is 69.7 Å². The minimum absolute atomic E-state index is 0.123. The van der Waals surface area contributed by atoms with Crippen molar-refractivity contribution in [1.29, 1.82) is 0 Å². The summed E-state index contributed by atoms with van der Waals surface area (Å²) in [5, 5.41) is 5.09. The second kappa shape index (κ2) is 7.23. The van der Waals surface area contributed by atoms with Crippen molar-refractivity contribution in [3.8, 4) is 0 Å². The third-order valence-electron chi connectivity index (χ3n) is 4.52. The maximum absolute atomic E-state index is 6.26. The first-order valence-electron chi connectivity index (χ1n) is 7.99. The minimum atomic E-state index is 0.123. The number of hydrogen-bond donors (Lipinski definition) is 1. The quantitative estimate of drug-likeness (QED) is 0.838. The van der Waals surface area contributed by atoms with Gasteiger partial charge in [0.05, 0.1) is 0 Å². The van der Waals surface area contributed by atoms with E-state index in [1.165, 1.54) is 5.56 Å². The summed E-state index contributed by atoms with van der Waals surface area (Å²) < 4.78 is 0. The number of benzene rings is 2. The summed E-state index contributed by atoms with van der Waals surface area (Å²) in [6.07, 6.45) is 1.14. The number of nitrogens with zero attached hydrogens (tertiary/aromatic N) is 1. The average molecular weight is 349 g/mol. The van der Waals surface area contributed by atoms with E-state index in [4.69, 9.17) is 23.2 Å². The predicted molar refractivity (Wildman–Crippen MR) is 98.0 cm³/mol. The Morgan fingerprint density at radius 2 is 1.91 bits per heavy atom. The van der Waals surface area contributed by atoms with Crippen LogP contribution < -0.4 is 5.32 Å². The molecule has 0 saturated carbocycles. The van der Waals surface area contributed by atoms with E-state index in [9.17, 15) is 0 Å². The molecule has 1 saturated heterocycles. The van der Waals surface area contributed by atoms with Crippen LogP contribution in [0, 0.1) is 0 Å². The van der Waals surface area contributed by atoms with Gasteiger partial charge >= 0.3 is 0 Å². The van der Waals surface area contributed by atoms with E-state index in [-0.39, 0.29) is 5.54 Å². The molecule has 1 N–H and O–H groups in total. The van der Waals surface area contributed by atoms with Gasteiger partial charge in [0.2, 0.25) is 0 Å². The van der Waals surface area contributed by atoms with Crippen molar-refractivity contribution in [2.45, 2.75) is 32.0 Å². The van der Waals surface area contributed by atoms with Crippen LogP contribution in [0.5, 0.6) is 0 Å². The van der Waals surface area contributed by atoms with Gasteiger partial charge in [-0.3, -0.25) is 4.90 Å². The van der Waals surface area contributed by atoms with Crippen LogP contribution in [-0.2, 0) is 13.1 Å². The van der Waals surface area contributed by atoms with E-state index >= 15 is 0 Å². The first kappa shape index (κ1) is 16.8. The maximum Gasteiger partial charge on any atom is 0.0465 e. The summed E-state index contributed by atoms with van der Waals surface area (Å²) in [6, 6.07) is 16.3. The van der Waals surface area contributed by atoms with Crippen molar-refractivity contribution in [2.24, 2.45) is 0 Å². The van der Waals surface area contributed by atoms with Gasteiger partial charge in [0.25, 0.3) is 0 Å². The smallest absolute Gasteiger partial charge is 0.0465 e. The molecule has 0 aliphatic carbocycles. The molecule has 122 valence electrons. The molecule has 2 aromatic rings. The van der Waals surface area contributed by atoms with Crippen molar-refractivity contribution in [1.82, 2.24) is 10.2 Å². The van der Waals surface area contributed by atoms with Crippen molar-refractivity contribution >= 4 is 23.2 Å². The van der Waals surface area contributed by atoms with E-state index in [0.29, 0.717) is 5.02 Å². The number of hydrogen-bond acceptors (Lipinski definition) is 2. The molecule has 1 aliphatic rings. The lowest BCUT2D eigenvalue weighted by Gasteiger charge is -2.27. The standard InChI is InChI=1S/C19H22Cl2N2/c1-19(22-12-16-7-8-17(20)11-18(16)21)9-10-23(14-19)13-15-5-3-2-4-6-15/h2-8,11,22H,9-10,12-14H2,1H3. The summed E-state index contributed by atoms with van der Waals surface area (Å²) in [6.45, 7) is 6.24. The molecule has 0 aromatic heterocycles. The lowest BCUT2D eigenvalue weighted by atomic mass is 10.0. The zero-order chi connectivity index (χ0) is 16.3. The van der Waals surface area contributed by atoms with Crippen LogP contribution in [0.1, 0.15) is 24.5 Å². The van der Waals surface area contributed by atoms with E-state index < -0.39 is 0 Å². The highest BCUT2D eigenvalue weighted by molar-refractivity contribution is 6.35. The maximum atomic E-state index is 6.26. The zero-order valence-corrected chi connectivity index (χ0v) is 14.9. The Morgan fingerprint density at radius 1 is 1.13 bits per heavy atom. The van der Waals surface area contributed by atoms with Gasteiger partial charge in [0.1, 0.15) is 0 Å². The summed E-state index contributed by atoms with van der Waals surface area (Å²) in [5.74, 6) is 0. The molecule has 4 heteroatoms. The summed E-state index contributed by atoms with van der Waals surface area (Å²) in [4.78, 5) is 2.51. The topological polar surface area (TPSA) is 15.3 Å². The Bertz CT molecular complexity index is 660. The van der Waals surface area contributed by atoms with Crippen molar-refractivity contribution < 1.29 is 0 Å². The third kappa shape index (κ3) is 4.48. The Hall–Kier alpha value is -1.06. The van der Waals surface area contributed by atoms with E-state index in [2.05, 4.69) is 47.5 Å². The first-order valence-corrected chi connectivity index (χ1v) is 8.75. The summed E-state index contributed by atoms with van der Waals surface area (Å²) in [7, 11) is 0. The molecular weight excluding hydrogens is 327 g/mol. The van der Waals surface area contributed by atoms with Crippen LogP contribution in [0.4, 0.5) is 0 Å². The first-order chi connectivity index (χ1) is 11.0. The van der Waals surface area contributed by atoms with Crippen LogP contribution in [0.25, 0.3) is 0 Å². The van der Waals surface area contributed by atoms with Crippen LogP contribution in [-0.4, -0.2) is 23.5 Å². The molecule has 1 aliphatic heterocycles. The third-order valence-corrected chi connectivity index (χ3v) is 5.11. The summed E-state index contributed by atoms with van der Waals surface area (Å²) in [5.41, 5.74) is 2.59. The second-order valence-electron chi connectivity index (χ2n) is 6.60. The fourth-order valence-electron chi connectivity index (χ4n) is 3.15. The van der Waals surface area contributed by atoms with Crippen molar-refractivity contribution in [3.63, 3.8) is 0 Å². The molecule has 3 rings (SSSR count). The predicted octanol–water partition coefficient (Wildman–Crippen LogP) is 4.75. The van der Waals surface area contributed by atoms with E-state index in [1.54, 1.807) is 6.07 Å². The van der Waals surface area contributed by atoms with Gasteiger partial charge in [-0.2, -0.15) is 0 Å². The van der Waals surface area contributed by atoms with Gasteiger partial charge < -0.3 is 5.32 Å². The zero-order valence-electron chi connectivity index (χ0n) is 13.4. The number of nitrogens with one attached hydrogen (secondary N) is 1. The average Bonchev–Trinajstić information content (AvgIpc) is 2.89. The molecule has 1 unspecified atom stereocenters. The number of halogens is 2. The van der Waals surface area contributed by atoms with E-state index in [1.807, 2.05) is 12.1 Å². The fraction of sp³-hybridized carbons (Fsp3) is 0.368. The van der Waals surface area contributed by atoms with Gasteiger partial charge in [0, 0.05) is 41.8 Å². The molecule has 1 fully saturated rings. The Morgan fingerprint density at radius 3 is 2.65 bits per heavy atom. The molecule has 0 amide bonds. The van der Waals surface area contributed by atoms with Gasteiger partial charge in [0.15, 0.2) is 0 Å². The normalized spacial score (nSPS) is 21.7. The van der Waals surface area contributed by atoms with Gasteiger partial charge in [-0.05, 0) is 36.6 Å². The molecule has 0 spiro atoms. The van der Waals surface area contributed by atoms with Crippen LogP contribution in [0.15, 0.2) is 48.5 Å². The molecule has 2 nitrogen and oxygen atoms in total. The fourth-order valence-corrected chi connectivity index (χ4v) is 3.63. The summed E-state index contributed by atoms with van der Waals surface area (Å²) >= 11 is 12.2. The minimum Gasteiger partial charge on any atom is -0.306 e. The van der Waals surface area contributed by atoms with Gasteiger partial charge in [-0.1, -0.05) is 59.6 Å². The van der Waals surface area contributed by atoms with Gasteiger partial charge in [-0.15, -0.1) is 0 Å². The Balaban J connectivity index is 1.56. The molecule has 0 bridgehead atoms.